The van der Waals surface area contributed by atoms with Gasteiger partial charge in [0.05, 0.1) is 6.04 Å². The largest absolute Gasteiger partial charge is 0.299 e. The summed E-state index contributed by atoms with van der Waals surface area (Å²) >= 11 is 0. The summed E-state index contributed by atoms with van der Waals surface area (Å²) in [5.74, 6) is 5.77. The molecule has 3 N–H and O–H groups in total. The number of nitrogens with zero attached hydrogens (tertiary/aromatic N) is 2. The third-order valence-corrected chi connectivity index (χ3v) is 4.04. The Morgan fingerprint density at radius 2 is 1.82 bits per heavy atom. The first-order valence-electron chi connectivity index (χ1n) is 6.36. The number of benzene rings is 1. The number of piperazine rings is 3. The summed E-state index contributed by atoms with van der Waals surface area (Å²) in [6.45, 7) is 5.90. The van der Waals surface area contributed by atoms with Crippen molar-refractivity contribution in [3.63, 3.8) is 0 Å². The predicted octanol–water partition coefficient (Wildman–Crippen LogP) is 0.191. The Balaban J connectivity index is 1.82. The molecule has 0 amide bonds. The average Bonchev–Trinajstić information content (AvgIpc) is 2.42. The van der Waals surface area contributed by atoms with Crippen molar-refractivity contribution in [2.75, 3.05) is 32.7 Å². The zero-order chi connectivity index (χ0) is 11.7. The second-order valence-corrected chi connectivity index (χ2v) is 4.96. The highest BCUT2D eigenvalue weighted by atomic mass is 15.4. The van der Waals surface area contributed by atoms with E-state index in [4.69, 9.17) is 5.84 Å². The number of hydrazine groups is 1. The minimum atomic E-state index is 0.235. The van der Waals surface area contributed by atoms with Gasteiger partial charge in [0.15, 0.2) is 0 Å². The normalized spacial score (nSPS) is 33.6. The molecule has 3 aliphatic rings. The number of fused-ring (bicyclic) bond motifs is 3. The van der Waals surface area contributed by atoms with Gasteiger partial charge in [-0.2, -0.15) is 0 Å². The third kappa shape index (κ3) is 2.09. The zero-order valence-corrected chi connectivity index (χ0v) is 10.0. The van der Waals surface area contributed by atoms with Gasteiger partial charge in [0.25, 0.3) is 0 Å². The van der Waals surface area contributed by atoms with Crippen molar-refractivity contribution in [1.29, 1.82) is 0 Å². The highest BCUT2D eigenvalue weighted by Gasteiger charge is 2.36. The van der Waals surface area contributed by atoms with Gasteiger partial charge in [0.2, 0.25) is 0 Å². The predicted molar refractivity (Wildman–Crippen MR) is 68.3 cm³/mol. The monoisotopic (exact) mass is 232 g/mol. The first-order chi connectivity index (χ1) is 8.38. The molecule has 0 saturated carbocycles. The molecule has 3 aliphatic heterocycles. The molecule has 3 fully saturated rings. The van der Waals surface area contributed by atoms with Crippen molar-refractivity contribution >= 4 is 0 Å². The van der Waals surface area contributed by atoms with Crippen LogP contribution in [0.4, 0.5) is 0 Å². The van der Waals surface area contributed by atoms with Crippen LogP contribution in [0.3, 0.4) is 0 Å². The van der Waals surface area contributed by atoms with Crippen LogP contribution in [0, 0.1) is 0 Å². The minimum absolute atomic E-state index is 0.235. The number of nitrogens with one attached hydrogen (secondary N) is 1. The standard InChI is InChI=1S/C13H20N4/c14-15-13(11-4-2-1-3-5-11)12-10-16-6-8-17(12)9-7-16/h1-5,12-13,15H,6-10,14H2. The molecule has 2 atom stereocenters. The van der Waals surface area contributed by atoms with Gasteiger partial charge in [-0.1, -0.05) is 30.3 Å². The second-order valence-electron chi connectivity index (χ2n) is 4.96. The van der Waals surface area contributed by atoms with Crippen LogP contribution in [0.1, 0.15) is 11.6 Å². The average molecular weight is 232 g/mol. The molecule has 2 bridgehead atoms. The number of hydrogen-bond donors (Lipinski definition) is 2. The lowest BCUT2D eigenvalue weighted by atomic mass is 9.94. The Bertz CT molecular complexity index is 359. The smallest absolute Gasteiger partial charge is 0.0627 e. The van der Waals surface area contributed by atoms with Gasteiger partial charge in [-0.25, -0.2) is 0 Å². The van der Waals surface area contributed by atoms with Gasteiger partial charge in [-0.3, -0.25) is 21.1 Å². The summed E-state index contributed by atoms with van der Waals surface area (Å²) in [7, 11) is 0. The van der Waals surface area contributed by atoms with E-state index in [0.717, 1.165) is 6.54 Å². The van der Waals surface area contributed by atoms with Crippen molar-refractivity contribution in [3.05, 3.63) is 35.9 Å². The molecule has 92 valence electrons. The van der Waals surface area contributed by atoms with Gasteiger partial charge < -0.3 is 0 Å². The topological polar surface area (TPSA) is 44.5 Å². The van der Waals surface area contributed by atoms with E-state index in [1.54, 1.807) is 0 Å². The fraction of sp³-hybridized carbons (Fsp3) is 0.538. The summed E-state index contributed by atoms with van der Waals surface area (Å²) in [6, 6.07) is 11.3. The molecule has 17 heavy (non-hydrogen) atoms. The molecular formula is C13H20N4. The minimum Gasteiger partial charge on any atom is -0.299 e. The van der Waals surface area contributed by atoms with Gasteiger partial charge in [-0.15, -0.1) is 0 Å². The lowest BCUT2D eigenvalue weighted by Gasteiger charge is -2.50. The van der Waals surface area contributed by atoms with Crippen molar-refractivity contribution < 1.29 is 0 Å². The maximum atomic E-state index is 5.77. The van der Waals surface area contributed by atoms with Crippen LogP contribution in [-0.4, -0.2) is 48.6 Å². The van der Waals surface area contributed by atoms with Crippen LogP contribution in [0.15, 0.2) is 30.3 Å². The Hall–Kier alpha value is -0.940. The molecule has 3 heterocycles. The molecule has 3 saturated heterocycles. The SMILES string of the molecule is NNC(c1ccccc1)C1CN2CCN1CC2. The summed E-state index contributed by atoms with van der Waals surface area (Å²) in [5, 5.41) is 0. The van der Waals surface area contributed by atoms with Crippen LogP contribution >= 0.6 is 0 Å². The quantitative estimate of drug-likeness (QED) is 0.577. The van der Waals surface area contributed by atoms with E-state index in [-0.39, 0.29) is 6.04 Å². The summed E-state index contributed by atoms with van der Waals surface area (Å²) in [6.07, 6.45) is 0. The van der Waals surface area contributed by atoms with Crippen LogP contribution in [0.5, 0.6) is 0 Å². The lowest BCUT2D eigenvalue weighted by molar-refractivity contribution is -0.00369. The van der Waals surface area contributed by atoms with Crippen LogP contribution in [-0.2, 0) is 0 Å². The Morgan fingerprint density at radius 1 is 1.12 bits per heavy atom. The van der Waals surface area contributed by atoms with Gasteiger partial charge in [-0.05, 0) is 5.56 Å². The number of nitrogens with two attached hydrogens (primary N) is 1. The van der Waals surface area contributed by atoms with Gasteiger partial charge in [0.1, 0.15) is 0 Å². The summed E-state index contributed by atoms with van der Waals surface area (Å²) < 4.78 is 0. The molecule has 1 aromatic carbocycles. The lowest BCUT2D eigenvalue weighted by Crippen LogP contribution is -2.64. The van der Waals surface area contributed by atoms with Crippen LogP contribution in [0.2, 0.25) is 0 Å². The van der Waals surface area contributed by atoms with E-state index in [9.17, 15) is 0 Å². The Labute approximate surface area is 102 Å². The maximum Gasteiger partial charge on any atom is 0.0627 e. The summed E-state index contributed by atoms with van der Waals surface area (Å²) in [5.41, 5.74) is 4.29. The van der Waals surface area contributed by atoms with Gasteiger partial charge in [0, 0.05) is 38.8 Å². The van der Waals surface area contributed by atoms with E-state index in [1.165, 1.54) is 31.7 Å². The van der Waals surface area contributed by atoms with E-state index in [0.29, 0.717) is 6.04 Å². The van der Waals surface area contributed by atoms with Crippen molar-refractivity contribution in [2.24, 2.45) is 5.84 Å². The first-order valence-corrected chi connectivity index (χ1v) is 6.36. The Morgan fingerprint density at radius 3 is 2.35 bits per heavy atom. The molecule has 4 nitrogen and oxygen atoms in total. The Kier molecular flexibility index (Phi) is 3.11. The third-order valence-electron chi connectivity index (χ3n) is 4.04. The number of rotatable bonds is 3. The van der Waals surface area contributed by atoms with Crippen molar-refractivity contribution in [3.8, 4) is 0 Å². The van der Waals surface area contributed by atoms with E-state index >= 15 is 0 Å². The highest BCUT2D eigenvalue weighted by Crippen LogP contribution is 2.26. The second kappa shape index (κ2) is 4.74. The molecule has 0 radical (unpaired) electrons. The highest BCUT2D eigenvalue weighted by molar-refractivity contribution is 5.21. The molecule has 0 aromatic heterocycles. The molecule has 4 heteroatoms. The van der Waals surface area contributed by atoms with E-state index in [2.05, 4.69) is 39.5 Å². The van der Waals surface area contributed by atoms with Crippen LogP contribution in [0.25, 0.3) is 0 Å². The fourth-order valence-electron chi connectivity index (χ4n) is 3.06. The number of hydrogen-bond acceptors (Lipinski definition) is 4. The molecule has 1 aromatic rings. The van der Waals surface area contributed by atoms with Crippen molar-refractivity contribution in [1.82, 2.24) is 15.2 Å². The zero-order valence-electron chi connectivity index (χ0n) is 10.0. The van der Waals surface area contributed by atoms with Crippen LogP contribution < -0.4 is 11.3 Å². The molecule has 4 rings (SSSR count). The van der Waals surface area contributed by atoms with E-state index < -0.39 is 0 Å². The maximum absolute atomic E-state index is 5.77. The first kappa shape index (κ1) is 11.2. The van der Waals surface area contributed by atoms with Gasteiger partial charge >= 0.3 is 0 Å². The summed E-state index contributed by atoms with van der Waals surface area (Å²) in [4.78, 5) is 5.11. The fourth-order valence-corrected chi connectivity index (χ4v) is 3.06. The molecule has 2 unspecified atom stereocenters. The molecule has 0 aliphatic carbocycles. The molecular weight excluding hydrogens is 212 g/mol. The van der Waals surface area contributed by atoms with Crippen molar-refractivity contribution in [2.45, 2.75) is 12.1 Å². The molecule has 0 spiro atoms. The van der Waals surface area contributed by atoms with E-state index in [1.807, 2.05) is 6.07 Å².